The van der Waals surface area contributed by atoms with Gasteiger partial charge in [-0.25, -0.2) is 0 Å². The lowest BCUT2D eigenvalue weighted by Gasteiger charge is -2.19. The minimum atomic E-state index is 0.314. The molecule has 0 radical (unpaired) electrons. The molecule has 0 spiro atoms. The predicted molar refractivity (Wildman–Crippen MR) is 86.4 cm³/mol. The average molecular weight is 305 g/mol. The lowest BCUT2D eigenvalue weighted by molar-refractivity contribution is 0.0413. The van der Waals surface area contributed by atoms with E-state index in [-0.39, 0.29) is 0 Å². The van der Waals surface area contributed by atoms with Crippen LogP contribution < -0.4 is 10.1 Å². The Hall–Kier alpha value is -1.10. The third-order valence-electron chi connectivity index (χ3n) is 4.45. The Balaban J connectivity index is 1.47. The van der Waals surface area contributed by atoms with Crippen molar-refractivity contribution in [2.75, 3.05) is 33.0 Å². The fourth-order valence-corrected chi connectivity index (χ4v) is 3.22. The normalized spacial score (nSPS) is 24.6. The van der Waals surface area contributed by atoms with Gasteiger partial charge in [-0.1, -0.05) is 18.2 Å². The van der Waals surface area contributed by atoms with E-state index < -0.39 is 0 Å². The summed E-state index contributed by atoms with van der Waals surface area (Å²) in [6.45, 7) is 6.34. The molecule has 2 aliphatic rings. The molecule has 0 saturated carbocycles. The number of ether oxygens (including phenoxy) is 3. The topological polar surface area (TPSA) is 39.7 Å². The van der Waals surface area contributed by atoms with Crippen LogP contribution in [0.25, 0.3) is 0 Å². The van der Waals surface area contributed by atoms with Gasteiger partial charge in [0.1, 0.15) is 5.75 Å². The van der Waals surface area contributed by atoms with Crippen molar-refractivity contribution >= 4 is 0 Å². The van der Waals surface area contributed by atoms with Crippen LogP contribution in [0.15, 0.2) is 18.2 Å². The molecular weight excluding hydrogens is 278 g/mol. The minimum Gasteiger partial charge on any atom is -0.493 e. The van der Waals surface area contributed by atoms with Crippen molar-refractivity contribution in [3.05, 3.63) is 29.3 Å². The largest absolute Gasteiger partial charge is 0.493 e. The van der Waals surface area contributed by atoms with E-state index in [0.717, 1.165) is 64.4 Å². The van der Waals surface area contributed by atoms with Crippen LogP contribution >= 0.6 is 0 Å². The molecular formula is C18H27NO3. The van der Waals surface area contributed by atoms with Gasteiger partial charge in [0.2, 0.25) is 0 Å². The van der Waals surface area contributed by atoms with Gasteiger partial charge in [-0.2, -0.15) is 0 Å². The third kappa shape index (κ3) is 4.00. The molecule has 4 heteroatoms. The number of aryl methyl sites for hydroxylation is 1. The summed E-state index contributed by atoms with van der Waals surface area (Å²) in [5, 5.41) is 3.68. The van der Waals surface area contributed by atoms with Crippen molar-refractivity contribution in [2.45, 2.75) is 44.8 Å². The molecule has 0 aliphatic carbocycles. The summed E-state index contributed by atoms with van der Waals surface area (Å²) in [6, 6.07) is 6.84. The highest BCUT2D eigenvalue weighted by molar-refractivity contribution is 5.43. The van der Waals surface area contributed by atoms with E-state index in [9.17, 15) is 0 Å². The second-order valence-corrected chi connectivity index (χ2v) is 6.20. The highest BCUT2D eigenvalue weighted by Gasteiger charge is 2.20. The molecule has 0 bridgehead atoms. The van der Waals surface area contributed by atoms with Crippen molar-refractivity contribution in [3.63, 3.8) is 0 Å². The zero-order valence-electron chi connectivity index (χ0n) is 13.5. The van der Waals surface area contributed by atoms with Gasteiger partial charge in [0.05, 0.1) is 19.3 Å². The van der Waals surface area contributed by atoms with Crippen LogP contribution in [-0.2, 0) is 9.47 Å². The highest BCUT2D eigenvalue weighted by Crippen LogP contribution is 2.33. The molecule has 4 nitrogen and oxygen atoms in total. The van der Waals surface area contributed by atoms with Crippen LogP contribution in [0.3, 0.4) is 0 Å². The summed E-state index contributed by atoms with van der Waals surface area (Å²) in [6.07, 6.45) is 4.62. The van der Waals surface area contributed by atoms with Crippen molar-refractivity contribution in [1.82, 2.24) is 5.32 Å². The Kier molecular flexibility index (Phi) is 5.70. The Morgan fingerprint density at radius 2 is 2.23 bits per heavy atom. The minimum absolute atomic E-state index is 0.314. The van der Waals surface area contributed by atoms with Gasteiger partial charge in [0.15, 0.2) is 0 Å². The van der Waals surface area contributed by atoms with E-state index in [1.165, 1.54) is 11.1 Å². The van der Waals surface area contributed by atoms with E-state index in [2.05, 4.69) is 30.4 Å². The molecule has 0 unspecified atom stereocenters. The van der Waals surface area contributed by atoms with E-state index in [1.807, 2.05) is 0 Å². The summed E-state index contributed by atoms with van der Waals surface area (Å²) < 4.78 is 17.1. The summed E-state index contributed by atoms with van der Waals surface area (Å²) in [5.41, 5.74) is 2.54. The molecule has 0 amide bonds. The summed E-state index contributed by atoms with van der Waals surface area (Å²) >= 11 is 0. The molecule has 1 aromatic rings. The van der Waals surface area contributed by atoms with Crippen molar-refractivity contribution < 1.29 is 14.2 Å². The Morgan fingerprint density at radius 3 is 3.09 bits per heavy atom. The molecule has 1 aromatic carbocycles. The molecule has 1 fully saturated rings. The maximum atomic E-state index is 5.93. The predicted octanol–water partition coefficient (Wildman–Crippen LogP) is 2.99. The summed E-state index contributed by atoms with van der Waals surface area (Å²) in [7, 11) is 0. The van der Waals surface area contributed by atoms with Crippen LogP contribution in [-0.4, -0.2) is 39.1 Å². The lowest BCUT2D eigenvalue weighted by Crippen LogP contribution is -2.24. The Morgan fingerprint density at radius 1 is 1.27 bits per heavy atom. The zero-order chi connectivity index (χ0) is 15.2. The van der Waals surface area contributed by atoms with Crippen LogP contribution in [0.4, 0.5) is 0 Å². The molecule has 3 rings (SSSR count). The van der Waals surface area contributed by atoms with E-state index >= 15 is 0 Å². The molecule has 22 heavy (non-hydrogen) atoms. The van der Waals surface area contributed by atoms with Gasteiger partial charge in [-0.15, -0.1) is 0 Å². The number of para-hydroxylation sites is 1. The second kappa shape index (κ2) is 7.95. The Labute approximate surface area is 133 Å². The van der Waals surface area contributed by atoms with Crippen molar-refractivity contribution in [1.29, 1.82) is 0 Å². The van der Waals surface area contributed by atoms with E-state index in [4.69, 9.17) is 14.2 Å². The first kappa shape index (κ1) is 15.8. The number of fused-ring (bicyclic) bond motifs is 1. The third-order valence-corrected chi connectivity index (χ3v) is 4.45. The lowest BCUT2D eigenvalue weighted by atomic mass is 10.00. The monoisotopic (exact) mass is 305 g/mol. The molecule has 0 aromatic heterocycles. The maximum absolute atomic E-state index is 5.93. The van der Waals surface area contributed by atoms with Crippen LogP contribution in [0.2, 0.25) is 0 Å². The molecule has 2 atom stereocenters. The standard InChI is InChI=1S/C18H27NO3/c1-14-5-2-6-16-17(7-3-10-22-18(14)16)19-9-4-11-21-15-8-12-20-13-15/h2,5-6,15,17,19H,3-4,7-13H2,1H3/t15-,17-/m0/s1. The zero-order valence-corrected chi connectivity index (χ0v) is 13.5. The average Bonchev–Trinajstić information content (AvgIpc) is 2.95. The van der Waals surface area contributed by atoms with Crippen LogP contribution in [0.5, 0.6) is 5.75 Å². The second-order valence-electron chi connectivity index (χ2n) is 6.20. The van der Waals surface area contributed by atoms with Gasteiger partial charge in [-0.3, -0.25) is 0 Å². The summed E-state index contributed by atoms with van der Waals surface area (Å²) in [5.74, 6) is 1.08. The van der Waals surface area contributed by atoms with Gasteiger partial charge in [-0.05, 0) is 44.7 Å². The number of hydrogen-bond donors (Lipinski definition) is 1. The Bertz CT molecular complexity index is 471. The smallest absolute Gasteiger partial charge is 0.126 e. The van der Waals surface area contributed by atoms with Crippen molar-refractivity contribution in [2.24, 2.45) is 0 Å². The van der Waals surface area contributed by atoms with Gasteiger partial charge in [0, 0.05) is 24.8 Å². The molecule has 2 aliphatic heterocycles. The molecule has 1 saturated heterocycles. The quantitative estimate of drug-likeness (QED) is 0.820. The van der Waals surface area contributed by atoms with Crippen LogP contribution in [0, 0.1) is 6.92 Å². The van der Waals surface area contributed by atoms with Gasteiger partial charge in [0.25, 0.3) is 0 Å². The fourth-order valence-electron chi connectivity index (χ4n) is 3.22. The highest BCUT2D eigenvalue weighted by atomic mass is 16.5. The molecule has 2 heterocycles. The van der Waals surface area contributed by atoms with Gasteiger partial charge >= 0.3 is 0 Å². The SMILES string of the molecule is Cc1cccc2c1OCCC[C@@H]2NCCCO[C@H]1CCOC1. The fraction of sp³-hybridized carbons (Fsp3) is 0.667. The number of hydrogen-bond acceptors (Lipinski definition) is 4. The first-order valence-electron chi connectivity index (χ1n) is 8.49. The maximum Gasteiger partial charge on any atom is 0.126 e. The first-order valence-corrected chi connectivity index (χ1v) is 8.49. The van der Waals surface area contributed by atoms with E-state index in [1.54, 1.807) is 0 Å². The number of rotatable bonds is 6. The van der Waals surface area contributed by atoms with Crippen LogP contribution in [0.1, 0.15) is 42.9 Å². The number of benzene rings is 1. The van der Waals surface area contributed by atoms with E-state index in [0.29, 0.717) is 12.1 Å². The summed E-state index contributed by atoms with van der Waals surface area (Å²) in [4.78, 5) is 0. The van der Waals surface area contributed by atoms with Crippen molar-refractivity contribution in [3.8, 4) is 5.75 Å². The number of nitrogens with one attached hydrogen (secondary N) is 1. The molecule has 122 valence electrons. The van der Waals surface area contributed by atoms with Gasteiger partial charge < -0.3 is 19.5 Å². The molecule has 1 N–H and O–H groups in total. The first-order chi connectivity index (χ1) is 10.8.